The van der Waals surface area contributed by atoms with Gasteiger partial charge in [0.15, 0.2) is 0 Å². The van der Waals surface area contributed by atoms with Crippen LogP contribution >= 0.6 is 0 Å². The van der Waals surface area contributed by atoms with Gasteiger partial charge in [-0.1, -0.05) is 45.0 Å². The molecule has 2 heteroatoms. The lowest BCUT2D eigenvalue weighted by Gasteiger charge is -2.14. The molecule has 0 radical (unpaired) electrons. The van der Waals surface area contributed by atoms with Gasteiger partial charge in [0.25, 0.3) is 0 Å². The van der Waals surface area contributed by atoms with E-state index in [-0.39, 0.29) is 17.6 Å². The number of hydrogen-bond donors (Lipinski definition) is 0. The molecular formula is C18H20F2. The zero-order chi connectivity index (χ0) is 14.7. The Morgan fingerprint density at radius 3 is 2.00 bits per heavy atom. The Kier molecular flexibility index (Phi) is 4.53. The molecule has 0 bridgehead atoms. The van der Waals surface area contributed by atoms with E-state index in [9.17, 15) is 8.78 Å². The average Bonchev–Trinajstić information content (AvgIpc) is 2.41. The van der Waals surface area contributed by atoms with Crippen molar-refractivity contribution in [1.82, 2.24) is 0 Å². The van der Waals surface area contributed by atoms with Crippen molar-refractivity contribution in [2.75, 3.05) is 0 Å². The van der Waals surface area contributed by atoms with Crippen molar-refractivity contribution in [2.45, 2.75) is 39.0 Å². The summed E-state index contributed by atoms with van der Waals surface area (Å²) >= 11 is 0. The van der Waals surface area contributed by atoms with Crippen molar-refractivity contribution in [2.24, 2.45) is 0 Å². The first-order chi connectivity index (χ1) is 9.47. The molecule has 1 atom stereocenters. The largest absolute Gasteiger partial charge is 0.207 e. The molecule has 106 valence electrons. The Morgan fingerprint density at radius 1 is 0.850 bits per heavy atom. The molecule has 0 heterocycles. The third kappa shape index (κ3) is 3.44. The fourth-order valence-electron chi connectivity index (χ4n) is 2.33. The summed E-state index contributed by atoms with van der Waals surface area (Å²) in [5.74, 6) is 0.0988. The van der Waals surface area contributed by atoms with Crippen LogP contribution < -0.4 is 0 Å². The van der Waals surface area contributed by atoms with Crippen LogP contribution in [0.2, 0.25) is 0 Å². The van der Waals surface area contributed by atoms with E-state index in [1.54, 1.807) is 18.2 Å². The van der Waals surface area contributed by atoms with Gasteiger partial charge in [0.1, 0.15) is 11.6 Å². The normalized spacial score (nSPS) is 12.7. The molecule has 0 nitrogen and oxygen atoms in total. The van der Waals surface area contributed by atoms with Gasteiger partial charge in [0.2, 0.25) is 0 Å². The molecule has 1 unspecified atom stereocenters. The molecule has 2 aromatic rings. The smallest absolute Gasteiger partial charge is 0.126 e. The molecule has 2 rings (SSSR count). The third-order valence-electron chi connectivity index (χ3n) is 3.71. The molecule has 0 aliphatic rings. The standard InChI is InChI=1S/C18H20F2/c1-12(2)15-4-5-16(18(20)11-15)10-13(3)14-6-8-17(19)9-7-14/h4-9,11-13H,10H2,1-3H3. The topological polar surface area (TPSA) is 0 Å². The Labute approximate surface area is 119 Å². The highest BCUT2D eigenvalue weighted by Gasteiger charge is 2.11. The van der Waals surface area contributed by atoms with Crippen LogP contribution in [0.4, 0.5) is 8.78 Å². The van der Waals surface area contributed by atoms with Crippen LogP contribution in [0.1, 0.15) is 49.3 Å². The zero-order valence-corrected chi connectivity index (χ0v) is 12.2. The van der Waals surface area contributed by atoms with Crippen LogP contribution in [-0.4, -0.2) is 0 Å². The summed E-state index contributed by atoms with van der Waals surface area (Å²) in [7, 11) is 0. The minimum absolute atomic E-state index is 0.148. The Morgan fingerprint density at radius 2 is 1.45 bits per heavy atom. The lowest BCUT2D eigenvalue weighted by molar-refractivity contribution is 0.592. The molecular weight excluding hydrogens is 254 g/mol. The zero-order valence-electron chi connectivity index (χ0n) is 12.2. The Bertz CT molecular complexity index is 570. The van der Waals surface area contributed by atoms with E-state index in [1.165, 1.54) is 12.1 Å². The highest BCUT2D eigenvalue weighted by atomic mass is 19.1. The molecule has 0 aromatic heterocycles. The fraction of sp³-hybridized carbons (Fsp3) is 0.333. The van der Waals surface area contributed by atoms with Crippen LogP contribution in [0.5, 0.6) is 0 Å². The summed E-state index contributed by atoms with van der Waals surface area (Å²) in [6.07, 6.45) is 0.621. The van der Waals surface area contributed by atoms with E-state index >= 15 is 0 Å². The van der Waals surface area contributed by atoms with Crippen LogP contribution in [0.15, 0.2) is 42.5 Å². The van der Waals surface area contributed by atoms with Crippen molar-refractivity contribution in [3.05, 3.63) is 70.8 Å². The van der Waals surface area contributed by atoms with Gasteiger partial charge in [-0.15, -0.1) is 0 Å². The van der Waals surface area contributed by atoms with Crippen molar-refractivity contribution in [3.8, 4) is 0 Å². The predicted molar refractivity (Wildman–Crippen MR) is 79.0 cm³/mol. The van der Waals surface area contributed by atoms with E-state index < -0.39 is 0 Å². The number of rotatable bonds is 4. The molecule has 0 amide bonds. The Balaban J connectivity index is 2.15. The van der Waals surface area contributed by atoms with Crippen LogP contribution in [0.25, 0.3) is 0 Å². The number of halogens is 2. The second kappa shape index (κ2) is 6.17. The summed E-state index contributed by atoms with van der Waals surface area (Å²) < 4.78 is 27.0. The van der Waals surface area contributed by atoms with E-state index in [2.05, 4.69) is 13.8 Å². The molecule has 0 saturated heterocycles. The quantitative estimate of drug-likeness (QED) is 0.697. The molecule has 0 spiro atoms. The predicted octanol–water partition coefficient (Wildman–Crippen LogP) is 5.43. The summed E-state index contributed by atoms with van der Waals surface area (Å²) in [6, 6.07) is 11.9. The van der Waals surface area contributed by atoms with Gasteiger partial charge < -0.3 is 0 Å². The molecule has 20 heavy (non-hydrogen) atoms. The lowest BCUT2D eigenvalue weighted by atomic mass is 9.92. The first kappa shape index (κ1) is 14.7. The van der Waals surface area contributed by atoms with E-state index in [4.69, 9.17) is 0 Å². The molecule has 2 aromatic carbocycles. The fourth-order valence-corrected chi connectivity index (χ4v) is 2.33. The van der Waals surface area contributed by atoms with Crippen molar-refractivity contribution < 1.29 is 8.78 Å². The van der Waals surface area contributed by atoms with E-state index in [0.29, 0.717) is 17.9 Å². The van der Waals surface area contributed by atoms with Crippen molar-refractivity contribution >= 4 is 0 Å². The highest BCUT2D eigenvalue weighted by Crippen LogP contribution is 2.24. The van der Waals surface area contributed by atoms with Gasteiger partial charge in [0.05, 0.1) is 0 Å². The maximum Gasteiger partial charge on any atom is 0.126 e. The van der Waals surface area contributed by atoms with Crippen molar-refractivity contribution in [3.63, 3.8) is 0 Å². The van der Waals surface area contributed by atoms with Crippen LogP contribution in [-0.2, 0) is 6.42 Å². The van der Waals surface area contributed by atoms with Crippen LogP contribution in [0, 0.1) is 11.6 Å². The van der Waals surface area contributed by atoms with E-state index in [0.717, 1.165) is 11.1 Å². The monoisotopic (exact) mass is 274 g/mol. The minimum atomic E-state index is -0.242. The van der Waals surface area contributed by atoms with Gasteiger partial charge >= 0.3 is 0 Å². The second-order valence-corrected chi connectivity index (χ2v) is 5.66. The number of benzene rings is 2. The molecule has 0 saturated carbocycles. The SMILES string of the molecule is CC(C)c1ccc(CC(C)c2ccc(F)cc2)c(F)c1. The molecule has 0 aliphatic heterocycles. The highest BCUT2D eigenvalue weighted by molar-refractivity contribution is 5.29. The van der Waals surface area contributed by atoms with Gasteiger partial charge in [-0.3, -0.25) is 0 Å². The second-order valence-electron chi connectivity index (χ2n) is 5.66. The summed E-state index contributed by atoms with van der Waals surface area (Å²) in [5.41, 5.74) is 2.76. The first-order valence-electron chi connectivity index (χ1n) is 7.01. The minimum Gasteiger partial charge on any atom is -0.207 e. The van der Waals surface area contributed by atoms with Gasteiger partial charge in [-0.05, 0) is 53.1 Å². The third-order valence-corrected chi connectivity index (χ3v) is 3.71. The first-order valence-corrected chi connectivity index (χ1v) is 7.01. The van der Waals surface area contributed by atoms with Crippen LogP contribution in [0.3, 0.4) is 0 Å². The summed E-state index contributed by atoms with van der Waals surface area (Å²) in [6.45, 7) is 6.13. The molecule has 0 aliphatic carbocycles. The van der Waals surface area contributed by atoms with Crippen molar-refractivity contribution in [1.29, 1.82) is 0 Å². The molecule has 0 N–H and O–H groups in total. The average molecular weight is 274 g/mol. The molecule has 0 fully saturated rings. The van der Waals surface area contributed by atoms with Gasteiger partial charge in [-0.25, -0.2) is 8.78 Å². The lowest BCUT2D eigenvalue weighted by Crippen LogP contribution is -2.02. The number of hydrogen-bond acceptors (Lipinski definition) is 0. The summed E-state index contributed by atoms with van der Waals surface area (Å²) in [4.78, 5) is 0. The maximum absolute atomic E-state index is 14.1. The van der Waals surface area contributed by atoms with Gasteiger partial charge in [0, 0.05) is 0 Å². The summed E-state index contributed by atoms with van der Waals surface area (Å²) in [5, 5.41) is 0. The van der Waals surface area contributed by atoms with Gasteiger partial charge in [-0.2, -0.15) is 0 Å². The van der Waals surface area contributed by atoms with E-state index in [1.807, 2.05) is 19.1 Å². The maximum atomic E-state index is 14.1. The Hall–Kier alpha value is -1.70.